The first kappa shape index (κ1) is 11.4. The fraction of sp³-hybridized carbons (Fsp3) is 0.500. The summed E-state index contributed by atoms with van der Waals surface area (Å²) in [6.07, 6.45) is 4.09. The van der Waals surface area contributed by atoms with Crippen molar-refractivity contribution in [1.82, 2.24) is 0 Å². The van der Waals surface area contributed by atoms with Gasteiger partial charge in [0, 0.05) is 5.69 Å². The fourth-order valence-corrected chi connectivity index (χ4v) is 1.84. The predicted octanol–water partition coefficient (Wildman–Crippen LogP) is 3.26. The van der Waals surface area contributed by atoms with Gasteiger partial charge in [-0.1, -0.05) is 12.1 Å². The Morgan fingerprint density at radius 3 is 2.14 bits per heavy atom. The highest BCUT2D eigenvalue weighted by Gasteiger charge is 2.21. The molecule has 1 aromatic carbocycles. The molecule has 1 aliphatic carbocycles. The molecule has 0 aliphatic heterocycles. The van der Waals surface area contributed by atoms with Crippen molar-refractivity contribution in [2.45, 2.75) is 33.1 Å². The van der Waals surface area contributed by atoms with E-state index in [-0.39, 0.29) is 12.4 Å². The van der Waals surface area contributed by atoms with E-state index < -0.39 is 0 Å². The van der Waals surface area contributed by atoms with E-state index in [1.807, 2.05) is 0 Å². The molecule has 0 spiro atoms. The smallest absolute Gasteiger partial charge is 0.0373 e. The van der Waals surface area contributed by atoms with Crippen LogP contribution in [0.3, 0.4) is 0 Å². The molecule has 0 bridgehead atoms. The Bertz CT molecular complexity index is 306. The summed E-state index contributed by atoms with van der Waals surface area (Å²) in [5.41, 5.74) is 10.8. The van der Waals surface area contributed by atoms with Crippen LogP contribution in [0.2, 0.25) is 0 Å². The van der Waals surface area contributed by atoms with Crippen LogP contribution in [0.15, 0.2) is 12.1 Å². The van der Waals surface area contributed by atoms with Crippen molar-refractivity contribution in [3.63, 3.8) is 0 Å². The standard InChI is InChI=1S/C12H17N.ClH/c1-8-5-11(7-10-3-4-10)6-9(2)12(8)13;/h5-6,10H,3-4,7,13H2,1-2H3;1H. The van der Waals surface area contributed by atoms with E-state index in [1.54, 1.807) is 0 Å². The molecule has 1 saturated carbocycles. The first-order valence-electron chi connectivity index (χ1n) is 5.02. The lowest BCUT2D eigenvalue weighted by atomic mass is 10.0. The van der Waals surface area contributed by atoms with Gasteiger partial charge in [0.05, 0.1) is 0 Å². The van der Waals surface area contributed by atoms with E-state index in [0.717, 1.165) is 11.6 Å². The van der Waals surface area contributed by atoms with Crippen LogP contribution in [-0.2, 0) is 6.42 Å². The minimum absolute atomic E-state index is 0. The molecule has 1 aromatic rings. The van der Waals surface area contributed by atoms with Gasteiger partial charge in [-0.15, -0.1) is 12.4 Å². The molecule has 2 N–H and O–H groups in total. The summed E-state index contributed by atoms with van der Waals surface area (Å²) in [5.74, 6) is 0.961. The molecule has 1 aliphatic rings. The molecule has 2 heteroatoms. The van der Waals surface area contributed by atoms with E-state index in [9.17, 15) is 0 Å². The Balaban J connectivity index is 0.000000980. The van der Waals surface area contributed by atoms with E-state index in [2.05, 4.69) is 26.0 Å². The number of benzene rings is 1. The third kappa shape index (κ3) is 2.42. The summed E-state index contributed by atoms with van der Waals surface area (Å²) >= 11 is 0. The molecule has 0 atom stereocenters. The second kappa shape index (κ2) is 4.22. The molecular formula is C12H18ClN. The number of hydrogen-bond donors (Lipinski definition) is 1. The minimum atomic E-state index is 0. The van der Waals surface area contributed by atoms with Gasteiger partial charge in [-0.05, 0) is 55.7 Å². The number of rotatable bonds is 2. The highest BCUT2D eigenvalue weighted by atomic mass is 35.5. The zero-order valence-corrected chi connectivity index (χ0v) is 9.66. The minimum Gasteiger partial charge on any atom is -0.398 e. The summed E-state index contributed by atoms with van der Waals surface area (Å²) in [6, 6.07) is 4.47. The summed E-state index contributed by atoms with van der Waals surface area (Å²) in [5, 5.41) is 0. The van der Waals surface area contributed by atoms with Crippen molar-refractivity contribution in [2.24, 2.45) is 5.92 Å². The van der Waals surface area contributed by atoms with Gasteiger partial charge in [0.1, 0.15) is 0 Å². The van der Waals surface area contributed by atoms with Gasteiger partial charge in [0.25, 0.3) is 0 Å². The van der Waals surface area contributed by atoms with Crippen LogP contribution < -0.4 is 5.73 Å². The molecule has 2 rings (SSSR count). The van der Waals surface area contributed by atoms with Crippen LogP contribution in [0.1, 0.15) is 29.5 Å². The third-order valence-corrected chi connectivity index (χ3v) is 2.87. The quantitative estimate of drug-likeness (QED) is 0.747. The van der Waals surface area contributed by atoms with Crippen LogP contribution in [-0.4, -0.2) is 0 Å². The van der Waals surface area contributed by atoms with E-state index in [0.29, 0.717) is 0 Å². The normalized spacial score (nSPS) is 15.0. The van der Waals surface area contributed by atoms with Crippen molar-refractivity contribution in [3.05, 3.63) is 28.8 Å². The molecule has 0 amide bonds. The topological polar surface area (TPSA) is 26.0 Å². The van der Waals surface area contributed by atoms with E-state index in [1.165, 1.54) is 36.0 Å². The lowest BCUT2D eigenvalue weighted by Gasteiger charge is -2.08. The maximum Gasteiger partial charge on any atom is 0.0373 e. The summed E-state index contributed by atoms with van der Waals surface area (Å²) < 4.78 is 0. The van der Waals surface area contributed by atoms with Crippen LogP contribution in [0.25, 0.3) is 0 Å². The molecule has 0 heterocycles. The maximum atomic E-state index is 5.90. The number of anilines is 1. The first-order valence-corrected chi connectivity index (χ1v) is 5.02. The monoisotopic (exact) mass is 211 g/mol. The van der Waals surface area contributed by atoms with Gasteiger partial charge in [0.2, 0.25) is 0 Å². The molecule has 0 radical (unpaired) electrons. The van der Waals surface area contributed by atoms with Gasteiger partial charge >= 0.3 is 0 Å². The summed E-state index contributed by atoms with van der Waals surface area (Å²) in [6.45, 7) is 4.19. The highest BCUT2D eigenvalue weighted by Crippen LogP contribution is 2.33. The zero-order valence-electron chi connectivity index (χ0n) is 8.84. The second-order valence-corrected chi connectivity index (χ2v) is 4.29. The number of halogens is 1. The predicted molar refractivity (Wildman–Crippen MR) is 64.0 cm³/mol. The first-order chi connectivity index (χ1) is 6.16. The van der Waals surface area contributed by atoms with E-state index >= 15 is 0 Å². The van der Waals surface area contributed by atoms with Crippen LogP contribution >= 0.6 is 12.4 Å². The van der Waals surface area contributed by atoms with Crippen molar-refractivity contribution >= 4 is 18.1 Å². The van der Waals surface area contributed by atoms with Crippen molar-refractivity contribution in [1.29, 1.82) is 0 Å². The number of nitrogens with two attached hydrogens (primary N) is 1. The summed E-state index contributed by atoms with van der Waals surface area (Å²) in [7, 11) is 0. The largest absolute Gasteiger partial charge is 0.398 e. The SMILES string of the molecule is Cc1cc(CC2CC2)cc(C)c1N.Cl. The Morgan fingerprint density at radius 1 is 1.21 bits per heavy atom. The van der Waals surface area contributed by atoms with Crippen LogP contribution in [0.5, 0.6) is 0 Å². The average Bonchev–Trinajstić information content (AvgIpc) is 2.84. The van der Waals surface area contributed by atoms with Crippen molar-refractivity contribution in [2.75, 3.05) is 5.73 Å². The maximum absolute atomic E-state index is 5.90. The Labute approximate surface area is 92.1 Å². The van der Waals surface area contributed by atoms with Gasteiger partial charge < -0.3 is 5.73 Å². The van der Waals surface area contributed by atoms with Crippen LogP contribution in [0, 0.1) is 19.8 Å². The van der Waals surface area contributed by atoms with Crippen molar-refractivity contribution < 1.29 is 0 Å². The number of aryl methyl sites for hydroxylation is 2. The summed E-state index contributed by atoms with van der Waals surface area (Å²) in [4.78, 5) is 0. The van der Waals surface area contributed by atoms with Gasteiger partial charge in [0.15, 0.2) is 0 Å². The highest BCUT2D eigenvalue weighted by molar-refractivity contribution is 5.85. The van der Waals surface area contributed by atoms with Crippen LogP contribution in [0.4, 0.5) is 5.69 Å². The molecule has 78 valence electrons. The number of hydrogen-bond acceptors (Lipinski definition) is 1. The molecule has 14 heavy (non-hydrogen) atoms. The third-order valence-electron chi connectivity index (χ3n) is 2.87. The zero-order chi connectivity index (χ0) is 9.42. The Morgan fingerprint density at radius 2 is 1.71 bits per heavy atom. The lowest BCUT2D eigenvalue weighted by molar-refractivity contribution is 0.830. The lowest BCUT2D eigenvalue weighted by Crippen LogP contribution is -1.96. The number of nitrogen functional groups attached to an aromatic ring is 1. The van der Waals surface area contributed by atoms with Gasteiger partial charge in [-0.3, -0.25) is 0 Å². The van der Waals surface area contributed by atoms with E-state index in [4.69, 9.17) is 5.73 Å². The molecule has 1 fully saturated rings. The molecule has 0 unspecified atom stereocenters. The average molecular weight is 212 g/mol. The molecule has 0 aromatic heterocycles. The Kier molecular flexibility index (Phi) is 3.43. The van der Waals surface area contributed by atoms with Crippen molar-refractivity contribution in [3.8, 4) is 0 Å². The molecule has 1 nitrogen and oxygen atoms in total. The van der Waals surface area contributed by atoms with Gasteiger partial charge in [-0.25, -0.2) is 0 Å². The molecular weight excluding hydrogens is 194 g/mol. The fourth-order valence-electron chi connectivity index (χ4n) is 1.84. The Hall–Kier alpha value is -0.690. The molecule has 0 saturated heterocycles. The van der Waals surface area contributed by atoms with Gasteiger partial charge in [-0.2, -0.15) is 0 Å². The second-order valence-electron chi connectivity index (χ2n) is 4.29.